The Morgan fingerprint density at radius 2 is 1.86 bits per heavy atom. The molecule has 1 aliphatic heterocycles. The van der Waals surface area contributed by atoms with Gasteiger partial charge in [0, 0.05) is 12.6 Å². The summed E-state index contributed by atoms with van der Waals surface area (Å²) in [5.41, 5.74) is 4.66. The van der Waals surface area contributed by atoms with Gasteiger partial charge in [0.05, 0.1) is 0 Å². The van der Waals surface area contributed by atoms with Crippen molar-refractivity contribution in [1.82, 2.24) is 10.2 Å². The Bertz CT molecular complexity index is 444. The predicted molar refractivity (Wildman–Crippen MR) is 91.8 cm³/mol. The highest BCUT2D eigenvalue weighted by molar-refractivity contribution is 5.30. The van der Waals surface area contributed by atoms with Crippen molar-refractivity contribution in [1.29, 1.82) is 0 Å². The van der Waals surface area contributed by atoms with Gasteiger partial charge in [-0.15, -0.1) is 0 Å². The molecule has 0 spiro atoms. The molecule has 0 radical (unpaired) electrons. The second-order valence-corrected chi connectivity index (χ2v) is 7.59. The highest BCUT2D eigenvalue weighted by Gasteiger charge is 2.26. The summed E-state index contributed by atoms with van der Waals surface area (Å²) in [7, 11) is 2.09. The SMILES string of the molecule is CNC(CCN1CCCC(C)(C)C1)c1cc(C)cc(C)c1. The van der Waals surface area contributed by atoms with E-state index in [1.54, 1.807) is 0 Å². The number of nitrogens with one attached hydrogen (secondary N) is 1. The Morgan fingerprint density at radius 3 is 2.43 bits per heavy atom. The summed E-state index contributed by atoms with van der Waals surface area (Å²) in [6.07, 6.45) is 3.91. The molecule has 1 fully saturated rings. The molecule has 1 aromatic rings. The average Bonchev–Trinajstić information content (AvgIpc) is 2.37. The van der Waals surface area contributed by atoms with Crippen molar-refractivity contribution in [3.63, 3.8) is 0 Å². The molecule has 0 saturated carbocycles. The molecule has 1 unspecified atom stereocenters. The number of aryl methyl sites for hydroxylation is 2. The van der Waals surface area contributed by atoms with Crippen molar-refractivity contribution >= 4 is 0 Å². The normalized spacial score (nSPS) is 20.4. The number of hydrogen-bond acceptors (Lipinski definition) is 2. The molecular weight excluding hydrogens is 256 g/mol. The van der Waals surface area contributed by atoms with Crippen LogP contribution in [-0.2, 0) is 0 Å². The molecule has 1 atom stereocenters. The summed E-state index contributed by atoms with van der Waals surface area (Å²) in [6.45, 7) is 12.9. The molecule has 1 aromatic carbocycles. The first-order chi connectivity index (χ1) is 9.89. The Kier molecular flexibility index (Phi) is 5.45. The van der Waals surface area contributed by atoms with Crippen LogP contribution in [0, 0.1) is 19.3 Å². The quantitative estimate of drug-likeness (QED) is 0.878. The van der Waals surface area contributed by atoms with E-state index in [4.69, 9.17) is 0 Å². The second kappa shape index (κ2) is 6.93. The summed E-state index contributed by atoms with van der Waals surface area (Å²) in [5.74, 6) is 0. The van der Waals surface area contributed by atoms with E-state index in [2.05, 4.69) is 63.2 Å². The van der Waals surface area contributed by atoms with Crippen molar-refractivity contribution < 1.29 is 0 Å². The summed E-state index contributed by atoms with van der Waals surface area (Å²) in [4.78, 5) is 2.65. The third kappa shape index (κ3) is 4.82. The van der Waals surface area contributed by atoms with Gasteiger partial charge in [-0.25, -0.2) is 0 Å². The number of rotatable bonds is 5. The fourth-order valence-electron chi connectivity index (χ4n) is 3.74. The predicted octanol–water partition coefficient (Wildman–Crippen LogP) is 4.08. The largest absolute Gasteiger partial charge is 0.313 e. The van der Waals surface area contributed by atoms with E-state index in [1.165, 1.54) is 55.6 Å². The molecule has 1 saturated heterocycles. The van der Waals surface area contributed by atoms with Gasteiger partial charge in [0.25, 0.3) is 0 Å². The number of hydrogen-bond donors (Lipinski definition) is 1. The van der Waals surface area contributed by atoms with Crippen molar-refractivity contribution in [3.8, 4) is 0 Å². The molecule has 2 rings (SSSR count). The van der Waals surface area contributed by atoms with Crippen molar-refractivity contribution in [3.05, 3.63) is 34.9 Å². The Morgan fingerprint density at radius 1 is 1.19 bits per heavy atom. The third-order valence-electron chi connectivity index (χ3n) is 4.71. The first kappa shape index (κ1) is 16.5. The number of likely N-dealkylation sites (tertiary alicyclic amines) is 1. The van der Waals surface area contributed by atoms with Gasteiger partial charge in [0.1, 0.15) is 0 Å². The van der Waals surface area contributed by atoms with E-state index < -0.39 is 0 Å². The highest BCUT2D eigenvalue weighted by Crippen LogP contribution is 2.29. The summed E-state index contributed by atoms with van der Waals surface area (Å²) < 4.78 is 0. The van der Waals surface area contributed by atoms with Crippen LogP contribution in [0.5, 0.6) is 0 Å². The van der Waals surface area contributed by atoms with Gasteiger partial charge in [-0.1, -0.05) is 43.2 Å². The Balaban J connectivity index is 1.96. The van der Waals surface area contributed by atoms with Crippen LogP contribution in [0.25, 0.3) is 0 Å². The number of nitrogens with zero attached hydrogens (tertiary/aromatic N) is 1. The molecule has 0 aliphatic carbocycles. The monoisotopic (exact) mass is 288 g/mol. The lowest BCUT2D eigenvalue weighted by Crippen LogP contribution is -2.41. The van der Waals surface area contributed by atoms with E-state index in [0.717, 1.165) is 0 Å². The fourth-order valence-corrected chi connectivity index (χ4v) is 3.74. The number of benzene rings is 1. The zero-order chi connectivity index (χ0) is 15.5. The minimum absolute atomic E-state index is 0.466. The van der Waals surface area contributed by atoms with Crippen LogP contribution >= 0.6 is 0 Å². The first-order valence-electron chi connectivity index (χ1n) is 8.37. The van der Waals surface area contributed by atoms with Gasteiger partial charge in [-0.3, -0.25) is 0 Å². The van der Waals surface area contributed by atoms with Gasteiger partial charge in [-0.2, -0.15) is 0 Å². The maximum atomic E-state index is 3.51. The standard InChI is InChI=1S/C19H32N2/c1-15-11-16(2)13-17(12-15)18(20-5)7-10-21-9-6-8-19(3,4)14-21/h11-13,18,20H,6-10,14H2,1-5H3. The number of piperidine rings is 1. The van der Waals surface area contributed by atoms with E-state index in [1.807, 2.05) is 0 Å². The lowest BCUT2D eigenvalue weighted by atomic mass is 9.84. The first-order valence-corrected chi connectivity index (χ1v) is 8.37. The topological polar surface area (TPSA) is 15.3 Å². The van der Waals surface area contributed by atoms with Gasteiger partial charge >= 0.3 is 0 Å². The molecule has 1 N–H and O–H groups in total. The molecule has 21 heavy (non-hydrogen) atoms. The fraction of sp³-hybridized carbons (Fsp3) is 0.684. The van der Waals surface area contributed by atoms with Crippen LogP contribution in [-0.4, -0.2) is 31.6 Å². The van der Waals surface area contributed by atoms with Gasteiger partial charge < -0.3 is 10.2 Å². The lowest BCUT2D eigenvalue weighted by molar-refractivity contribution is 0.113. The van der Waals surface area contributed by atoms with Gasteiger partial charge in [0.15, 0.2) is 0 Å². The molecule has 0 aromatic heterocycles. The molecule has 0 amide bonds. The Hall–Kier alpha value is -0.860. The Labute approximate surface area is 130 Å². The molecule has 1 heterocycles. The molecule has 2 heteroatoms. The average molecular weight is 288 g/mol. The van der Waals surface area contributed by atoms with E-state index in [-0.39, 0.29) is 0 Å². The summed E-state index contributed by atoms with van der Waals surface area (Å²) in [5, 5.41) is 3.51. The van der Waals surface area contributed by atoms with Gasteiger partial charge in [0.2, 0.25) is 0 Å². The second-order valence-electron chi connectivity index (χ2n) is 7.59. The van der Waals surface area contributed by atoms with Crippen molar-refractivity contribution in [2.24, 2.45) is 5.41 Å². The molecule has 0 bridgehead atoms. The maximum absolute atomic E-state index is 3.51. The smallest absolute Gasteiger partial charge is 0.0329 e. The molecule has 1 aliphatic rings. The van der Waals surface area contributed by atoms with Crippen LogP contribution in [0.4, 0.5) is 0 Å². The van der Waals surface area contributed by atoms with Crippen LogP contribution in [0.3, 0.4) is 0 Å². The van der Waals surface area contributed by atoms with E-state index >= 15 is 0 Å². The molecule has 2 nitrogen and oxygen atoms in total. The lowest BCUT2D eigenvalue weighted by Gasteiger charge is -2.38. The molecular formula is C19H32N2. The highest BCUT2D eigenvalue weighted by atomic mass is 15.1. The maximum Gasteiger partial charge on any atom is 0.0329 e. The van der Waals surface area contributed by atoms with Crippen LogP contribution in [0.15, 0.2) is 18.2 Å². The van der Waals surface area contributed by atoms with Crippen molar-refractivity contribution in [2.75, 3.05) is 26.7 Å². The van der Waals surface area contributed by atoms with E-state index in [0.29, 0.717) is 11.5 Å². The zero-order valence-electron chi connectivity index (χ0n) is 14.5. The third-order valence-corrected chi connectivity index (χ3v) is 4.71. The zero-order valence-corrected chi connectivity index (χ0v) is 14.5. The summed E-state index contributed by atoms with van der Waals surface area (Å²) >= 11 is 0. The summed E-state index contributed by atoms with van der Waals surface area (Å²) in [6, 6.07) is 7.38. The van der Waals surface area contributed by atoms with Crippen LogP contribution < -0.4 is 5.32 Å². The van der Waals surface area contributed by atoms with Crippen molar-refractivity contribution in [2.45, 2.75) is 53.0 Å². The minimum atomic E-state index is 0.466. The van der Waals surface area contributed by atoms with Crippen LogP contribution in [0.2, 0.25) is 0 Å². The molecule has 118 valence electrons. The minimum Gasteiger partial charge on any atom is -0.313 e. The van der Waals surface area contributed by atoms with Gasteiger partial charge in [-0.05, 0) is 64.2 Å². The van der Waals surface area contributed by atoms with E-state index in [9.17, 15) is 0 Å². The van der Waals surface area contributed by atoms with Crippen LogP contribution in [0.1, 0.15) is 55.8 Å².